The number of hydrogen-bond donors (Lipinski definition) is 5. The van der Waals surface area contributed by atoms with Crippen molar-refractivity contribution in [3.05, 3.63) is 47.8 Å². The second-order valence-electron chi connectivity index (χ2n) is 8.07. The van der Waals surface area contributed by atoms with Gasteiger partial charge < -0.3 is 26.2 Å². The van der Waals surface area contributed by atoms with Crippen molar-refractivity contribution in [2.45, 2.75) is 56.5 Å². The molecular weight excluding hydrogens is 374 g/mol. The van der Waals surface area contributed by atoms with Crippen LogP contribution in [0.25, 0.3) is 10.8 Å². The number of hydrogen-bond acceptors (Lipinski definition) is 5. The molecule has 1 saturated carbocycles. The fourth-order valence-corrected chi connectivity index (χ4v) is 4.17. The van der Waals surface area contributed by atoms with Crippen LogP contribution in [0.15, 0.2) is 36.4 Å². The quantitative estimate of drug-likeness (QED) is 0.308. The Morgan fingerprint density at radius 1 is 1.17 bits per heavy atom. The average Bonchev–Trinajstić information content (AvgIpc) is 2.65. The van der Waals surface area contributed by atoms with Crippen LogP contribution in [0.1, 0.15) is 37.7 Å². The van der Waals surface area contributed by atoms with Gasteiger partial charge in [0.2, 0.25) is 0 Å². The number of carbonyl (C=O) groups is 1. The summed E-state index contributed by atoms with van der Waals surface area (Å²) in [7, 11) is -1.37. The molecule has 29 heavy (non-hydrogen) atoms. The van der Waals surface area contributed by atoms with Gasteiger partial charge in [-0.2, -0.15) is 0 Å². The number of benzene rings is 2. The van der Waals surface area contributed by atoms with Crippen molar-refractivity contribution < 1.29 is 24.3 Å². The first-order valence-electron chi connectivity index (χ1n) is 10.1. The van der Waals surface area contributed by atoms with Gasteiger partial charge in [-0.1, -0.05) is 43.2 Å². The molecule has 2 aromatic carbocycles. The van der Waals surface area contributed by atoms with Crippen LogP contribution in [-0.4, -0.2) is 39.8 Å². The maximum absolute atomic E-state index is 14.0. The highest BCUT2D eigenvalue weighted by molar-refractivity contribution is 6.40. The minimum atomic E-state index is -1.37. The van der Waals surface area contributed by atoms with Gasteiger partial charge in [0.1, 0.15) is 11.4 Å². The Morgan fingerprint density at radius 2 is 1.86 bits per heavy atom. The summed E-state index contributed by atoms with van der Waals surface area (Å²) in [5.74, 6) is -1.37. The Morgan fingerprint density at radius 3 is 2.52 bits per heavy atom. The van der Waals surface area contributed by atoms with Crippen molar-refractivity contribution in [3.8, 4) is 0 Å². The van der Waals surface area contributed by atoms with Crippen LogP contribution in [0.4, 0.5) is 4.39 Å². The SMILES string of the molecule is NC(CCCCB(O)O)(C(=O)O)[C@H]1C[C@@H](NCc2ccc(F)c3ccccc23)C1. The molecule has 2 aromatic rings. The van der Waals surface area contributed by atoms with Crippen LogP contribution < -0.4 is 11.1 Å². The maximum Gasteiger partial charge on any atom is 0.451 e. The molecule has 0 radical (unpaired) electrons. The average molecular weight is 402 g/mol. The molecule has 0 aromatic heterocycles. The number of halogens is 1. The first kappa shape index (κ1) is 21.7. The van der Waals surface area contributed by atoms with Gasteiger partial charge >= 0.3 is 13.1 Å². The molecule has 0 heterocycles. The van der Waals surface area contributed by atoms with Crippen molar-refractivity contribution in [1.82, 2.24) is 5.32 Å². The summed E-state index contributed by atoms with van der Waals surface area (Å²) in [6, 6.07) is 10.8. The van der Waals surface area contributed by atoms with E-state index in [2.05, 4.69) is 5.32 Å². The highest BCUT2D eigenvalue weighted by Crippen LogP contribution is 2.38. The monoisotopic (exact) mass is 402 g/mol. The van der Waals surface area contributed by atoms with Crippen LogP contribution in [0.2, 0.25) is 6.32 Å². The molecule has 0 bridgehead atoms. The fraction of sp³-hybridized carbons (Fsp3) is 0.476. The molecule has 0 aliphatic heterocycles. The topological polar surface area (TPSA) is 116 Å². The zero-order chi connectivity index (χ0) is 21.0. The van der Waals surface area contributed by atoms with Crippen molar-refractivity contribution in [3.63, 3.8) is 0 Å². The van der Waals surface area contributed by atoms with E-state index in [1.807, 2.05) is 18.2 Å². The van der Waals surface area contributed by atoms with E-state index >= 15 is 0 Å². The van der Waals surface area contributed by atoms with Gasteiger partial charge in [0.25, 0.3) is 0 Å². The zero-order valence-electron chi connectivity index (χ0n) is 16.4. The van der Waals surface area contributed by atoms with Crippen LogP contribution in [0.3, 0.4) is 0 Å². The van der Waals surface area contributed by atoms with Crippen LogP contribution in [0, 0.1) is 11.7 Å². The van der Waals surface area contributed by atoms with Gasteiger partial charge in [-0.15, -0.1) is 0 Å². The molecule has 0 amide bonds. The Hall–Kier alpha value is -2.00. The number of carboxylic acids is 1. The van der Waals surface area contributed by atoms with E-state index in [4.69, 9.17) is 15.8 Å². The molecule has 1 unspecified atom stereocenters. The predicted octanol–water partition coefficient (Wildman–Crippen LogP) is 2.27. The van der Waals surface area contributed by atoms with Gasteiger partial charge in [0.05, 0.1) is 0 Å². The molecule has 3 rings (SSSR count). The number of nitrogens with one attached hydrogen (secondary N) is 1. The molecule has 1 aliphatic rings. The lowest BCUT2D eigenvalue weighted by Gasteiger charge is -2.45. The smallest absolute Gasteiger partial charge is 0.451 e. The highest BCUT2D eigenvalue weighted by atomic mass is 19.1. The normalized spacial score (nSPS) is 20.8. The molecule has 1 fully saturated rings. The summed E-state index contributed by atoms with van der Waals surface area (Å²) >= 11 is 0. The number of fused-ring (bicyclic) bond motifs is 1. The number of nitrogens with two attached hydrogens (primary N) is 1. The third kappa shape index (κ3) is 4.95. The first-order valence-corrected chi connectivity index (χ1v) is 10.1. The van der Waals surface area contributed by atoms with Gasteiger partial charge in [0, 0.05) is 18.0 Å². The van der Waals surface area contributed by atoms with Gasteiger partial charge in [-0.25, -0.2) is 4.39 Å². The van der Waals surface area contributed by atoms with E-state index in [0.717, 1.165) is 10.9 Å². The van der Waals surface area contributed by atoms with Crippen LogP contribution in [0.5, 0.6) is 0 Å². The van der Waals surface area contributed by atoms with E-state index in [1.165, 1.54) is 6.07 Å². The summed E-state index contributed by atoms with van der Waals surface area (Å²) in [4.78, 5) is 11.8. The van der Waals surface area contributed by atoms with Crippen molar-refractivity contribution in [2.24, 2.45) is 11.7 Å². The number of aliphatic carboxylic acids is 1. The molecule has 8 heteroatoms. The molecule has 1 atom stereocenters. The lowest BCUT2D eigenvalue weighted by Crippen LogP contribution is -2.61. The lowest BCUT2D eigenvalue weighted by molar-refractivity contribution is -0.148. The Balaban J connectivity index is 1.54. The lowest BCUT2D eigenvalue weighted by atomic mass is 9.66. The van der Waals surface area contributed by atoms with E-state index in [-0.39, 0.29) is 24.1 Å². The van der Waals surface area contributed by atoms with E-state index in [9.17, 15) is 14.3 Å². The molecule has 0 saturated heterocycles. The van der Waals surface area contributed by atoms with E-state index in [0.29, 0.717) is 44.0 Å². The first-order chi connectivity index (χ1) is 13.8. The molecule has 0 spiro atoms. The van der Waals surface area contributed by atoms with Crippen molar-refractivity contribution in [1.29, 1.82) is 0 Å². The second-order valence-corrected chi connectivity index (χ2v) is 8.07. The minimum absolute atomic E-state index is 0.124. The zero-order valence-corrected chi connectivity index (χ0v) is 16.4. The maximum atomic E-state index is 14.0. The fourth-order valence-electron chi connectivity index (χ4n) is 4.17. The number of rotatable bonds is 10. The van der Waals surface area contributed by atoms with Crippen molar-refractivity contribution >= 4 is 23.9 Å². The standard InChI is InChI=1S/C21H28BFN2O4/c23-19-8-7-14(17-5-1-2-6-18(17)19)13-25-16-11-15(12-16)21(24,20(26)27)9-3-4-10-22(28)29/h1-2,5-8,15-16,25,28-29H,3-4,9-13,24H2,(H,26,27)/t15-,16+,21?. The van der Waals surface area contributed by atoms with Gasteiger partial charge in [-0.3, -0.25) is 4.79 Å². The van der Waals surface area contributed by atoms with Gasteiger partial charge in [-0.05, 0) is 48.5 Å². The predicted molar refractivity (Wildman–Crippen MR) is 111 cm³/mol. The molecule has 6 nitrogen and oxygen atoms in total. The summed E-state index contributed by atoms with van der Waals surface area (Å²) in [6.45, 7) is 0.581. The Labute approximate surface area is 170 Å². The summed E-state index contributed by atoms with van der Waals surface area (Å²) < 4.78 is 14.0. The number of carboxylic acid groups (broad SMARTS) is 1. The third-order valence-electron chi connectivity index (χ3n) is 6.11. The molecule has 156 valence electrons. The largest absolute Gasteiger partial charge is 0.480 e. The second kappa shape index (κ2) is 9.22. The van der Waals surface area contributed by atoms with Gasteiger partial charge in [0.15, 0.2) is 0 Å². The summed E-state index contributed by atoms with van der Waals surface area (Å²) in [5.41, 5.74) is 5.94. The molecular formula is C21H28BFN2O4. The van der Waals surface area contributed by atoms with Crippen molar-refractivity contribution in [2.75, 3.05) is 0 Å². The van der Waals surface area contributed by atoms with Crippen LogP contribution >= 0.6 is 0 Å². The van der Waals surface area contributed by atoms with E-state index in [1.54, 1.807) is 12.1 Å². The van der Waals surface area contributed by atoms with Crippen LogP contribution in [-0.2, 0) is 11.3 Å². The number of unbranched alkanes of at least 4 members (excludes halogenated alkanes) is 1. The van der Waals surface area contributed by atoms with E-state index < -0.39 is 18.6 Å². The Bertz CT molecular complexity index is 860. The Kier molecular flexibility index (Phi) is 6.90. The summed E-state index contributed by atoms with van der Waals surface area (Å²) in [6.07, 6.45) is 2.94. The summed E-state index contributed by atoms with van der Waals surface area (Å²) in [5, 5.41) is 32.4. The highest BCUT2D eigenvalue weighted by Gasteiger charge is 2.48. The minimum Gasteiger partial charge on any atom is -0.480 e. The third-order valence-corrected chi connectivity index (χ3v) is 6.11. The molecule has 6 N–H and O–H groups in total. The molecule has 1 aliphatic carbocycles.